The van der Waals surface area contributed by atoms with Crippen LogP contribution in [0.25, 0.3) is 16.5 Å². The standard InChI is InChI=1S/C33H22FNO4/c34-25-11-7-12-26(20-25)35-30(23-10-6-15-28(19-23)39-27-13-2-1-3-14-27)29(32(37)33(35)38)31(36)24-17-16-21-8-4-5-9-22(21)18-24/h1-20,30,36H/b31-29-. The van der Waals surface area contributed by atoms with E-state index in [2.05, 4.69) is 0 Å². The Morgan fingerprint density at radius 1 is 0.718 bits per heavy atom. The van der Waals surface area contributed by atoms with Crippen molar-refractivity contribution in [3.8, 4) is 11.5 Å². The van der Waals surface area contributed by atoms with E-state index in [1.807, 2.05) is 60.7 Å². The molecular weight excluding hydrogens is 493 g/mol. The fraction of sp³-hybridized carbons (Fsp3) is 0.0303. The Labute approximate surface area is 224 Å². The van der Waals surface area contributed by atoms with Gasteiger partial charge in [0, 0.05) is 11.3 Å². The van der Waals surface area contributed by atoms with Crippen LogP contribution in [0.15, 0.2) is 127 Å². The summed E-state index contributed by atoms with van der Waals surface area (Å²) in [5.41, 5.74) is 1.03. The molecule has 5 aromatic carbocycles. The summed E-state index contributed by atoms with van der Waals surface area (Å²) in [5, 5.41) is 13.3. The molecule has 0 radical (unpaired) electrons. The van der Waals surface area contributed by atoms with Crippen LogP contribution < -0.4 is 9.64 Å². The van der Waals surface area contributed by atoms with Gasteiger partial charge in [0.15, 0.2) is 0 Å². The normalized spacial score (nSPS) is 16.5. The van der Waals surface area contributed by atoms with Crippen molar-refractivity contribution in [3.05, 3.63) is 144 Å². The maximum Gasteiger partial charge on any atom is 0.300 e. The number of hydrogen-bond donors (Lipinski definition) is 1. The molecule has 190 valence electrons. The number of carbonyl (C=O) groups excluding carboxylic acids is 2. The van der Waals surface area contributed by atoms with Crippen LogP contribution in [0.1, 0.15) is 17.2 Å². The van der Waals surface area contributed by atoms with E-state index < -0.39 is 23.5 Å². The lowest BCUT2D eigenvalue weighted by Crippen LogP contribution is -2.29. The first-order valence-corrected chi connectivity index (χ1v) is 12.4. The number of hydrogen-bond acceptors (Lipinski definition) is 4. The molecule has 1 atom stereocenters. The summed E-state index contributed by atoms with van der Waals surface area (Å²) >= 11 is 0. The largest absolute Gasteiger partial charge is 0.507 e. The summed E-state index contributed by atoms with van der Waals surface area (Å²) in [6.45, 7) is 0. The number of Topliss-reactive ketones (excluding diaryl/α,β-unsaturated/α-hetero) is 1. The number of ether oxygens (including phenoxy) is 1. The zero-order chi connectivity index (χ0) is 26.9. The van der Waals surface area contributed by atoms with Gasteiger partial charge in [-0.1, -0.05) is 72.8 Å². The van der Waals surface area contributed by atoms with Crippen molar-refractivity contribution >= 4 is 33.9 Å². The summed E-state index contributed by atoms with van der Waals surface area (Å²) in [6.07, 6.45) is 0. The molecule has 1 aliphatic heterocycles. The van der Waals surface area contributed by atoms with Crippen molar-refractivity contribution in [2.45, 2.75) is 6.04 Å². The Kier molecular flexibility index (Phi) is 6.13. The SMILES string of the molecule is O=C1C(=O)N(c2cccc(F)c2)C(c2cccc(Oc3ccccc3)c2)/C1=C(/O)c1ccc2ccccc2c1. The summed E-state index contributed by atoms with van der Waals surface area (Å²) in [4.78, 5) is 28.1. The summed E-state index contributed by atoms with van der Waals surface area (Å²) < 4.78 is 20.2. The number of nitrogens with zero attached hydrogens (tertiary/aromatic N) is 1. The number of halogens is 1. The molecule has 1 aliphatic rings. The minimum atomic E-state index is -1.02. The molecule has 1 fully saturated rings. The number of rotatable bonds is 5. The zero-order valence-corrected chi connectivity index (χ0v) is 20.6. The zero-order valence-electron chi connectivity index (χ0n) is 20.6. The molecule has 0 bridgehead atoms. The van der Waals surface area contributed by atoms with E-state index in [-0.39, 0.29) is 17.0 Å². The minimum Gasteiger partial charge on any atom is -0.507 e. The minimum absolute atomic E-state index is 0.0867. The van der Waals surface area contributed by atoms with Crippen LogP contribution >= 0.6 is 0 Å². The van der Waals surface area contributed by atoms with E-state index >= 15 is 0 Å². The Bertz CT molecular complexity index is 1760. The first-order chi connectivity index (χ1) is 19.0. The number of carbonyl (C=O) groups is 2. The first kappa shape index (κ1) is 24.1. The molecule has 0 saturated carbocycles. The molecule has 0 aliphatic carbocycles. The molecule has 1 saturated heterocycles. The van der Waals surface area contributed by atoms with Crippen LogP contribution in [0.3, 0.4) is 0 Å². The lowest BCUT2D eigenvalue weighted by Gasteiger charge is -2.26. The molecular formula is C33H22FNO4. The predicted octanol–water partition coefficient (Wildman–Crippen LogP) is 7.40. The van der Waals surface area contributed by atoms with Crippen LogP contribution in [0.2, 0.25) is 0 Å². The molecule has 5 aromatic rings. The van der Waals surface area contributed by atoms with Gasteiger partial charge in [-0.2, -0.15) is 0 Å². The third kappa shape index (κ3) is 4.53. The van der Waals surface area contributed by atoms with Crippen molar-refractivity contribution in [1.29, 1.82) is 0 Å². The Hall–Kier alpha value is -5.23. The van der Waals surface area contributed by atoms with Crippen molar-refractivity contribution in [1.82, 2.24) is 0 Å². The van der Waals surface area contributed by atoms with Gasteiger partial charge in [0.1, 0.15) is 23.1 Å². The molecule has 0 spiro atoms. The number of aliphatic hydroxyl groups excluding tert-OH is 1. The molecule has 1 N–H and O–H groups in total. The average Bonchev–Trinajstić information content (AvgIpc) is 3.23. The number of amides is 1. The van der Waals surface area contributed by atoms with Gasteiger partial charge < -0.3 is 9.84 Å². The summed E-state index contributed by atoms with van der Waals surface area (Å²) in [6, 6.07) is 33.6. The Morgan fingerprint density at radius 3 is 2.23 bits per heavy atom. The number of benzene rings is 5. The maximum atomic E-state index is 14.2. The molecule has 0 aromatic heterocycles. The topological polar surface area (TPSA) is 66.8 Å². The second-order valence-electron chi connectivity index (χ2n) is 9.20. The third-order valence-corrected chi connectivity index (χ3v) is 6.71. The van der Waals surface area contributed by atoms with Crippen molar-refractivity contribution < 1.29 is 23.8 Å². The number of aliphatic hydroxyl groups is 1. The maximum absolute atomic E-state index is 14.2. The van der Waals surface area contributed by atoms with E-state index in [1.54, 1.807) is 42.5 Å². The van der Waals surface area contributed by atoms with Gasteiger partial charge in [0.25, 0.3) is 11.7 Å². The number of ketones is 1. The third-order valence-electron chi connectivity index (χ3n) is 6.71. The Morgan fingerprint density at radius 2 is 1.44 bits per heavy atom. The van der Waals surface area contributed by atoms with Gasteiger partial charge in [-0.25, -0.2) is 4.39 Å². The molecule has 6 heteroatoms. The lowest BCUT2D eigenvalue weighted by atomic mass is 9.94. The number of para-hydroxylation sites is 1. The van der Waals surface area contributed by atoms with Crippen molar-refractivity contribution in [2.24, 2.45) is 0 Å². The van der Waals surface area contributed by atoms with Gasteiger partial charge in [0.05, 0.1) is 11.6 Å². The monoisotopic (exact) mass is 515 g/mol. The highest BCUT2D eigenvalue weighted by molar-refractivity contribution is 6.51. The second kappa shape index (κ2) is 9.91. The molecule has 6 rings (SSSR count). The number of anilines is 1. The second-order valence-corrected chi connectivity index (χ2v) is 9.20. The van der Waals surface area contributed by atoms with Gasteiger partial charge in [-0.3, -0.25) is 14.5 Å². The number of fused-ring (bicyclic) bond motifs is 1. The quantitative estimate of drug-likeness (QED) is 0.150. The fourth-order valence-electron chi connectivity index (χ4n) is 4.91. The first-order valence-electron chi connectivity index (χ1n) is 12.4. The van der Waals surface area contributed by atoms with Crippen molar-refractivity contribution in [2.75, 3.05) is 4.90 Å². The fourth-order valence-corrected chi connectivity index (χ4v) is 4.91. The van der Waals surface area contributed by atoms with E-state index in [1.165, 1.54) is 23.1 Å². The molecule has 1 heterocycles. The van der Waals surface area contributed by atoms with E-state index in [9.17, 15) is 19.1 Å². The summed E-state index contributed by atoms with van der Waals surface area (Å²) in [7, 11) is 0. The van der Waals surface area contributed by atoms with Gasteiger partial charge >= 0.3 is 0 Å². The van der Waals surface area contributed by atoms with Crippen LogP contribution in [0.5, 0.6) is 11.5 Å². The molecule has 39 heavy (non-hydrogen) atoms. The van der Waals surface area contributed by atoms with E-state index in [4.69, 9.17) is 4.74 Å². The van der Waals surface area contributed by atoms with Crippen LogP contribution in [0.4, 0.5) is 10.1 Å². The van der Waals surface area contributed by atoms with E-state index in [0.29, 0.717) is 22.6 Å². The van der Waals surface area contributed by atoms with Gasteiger partial charge in [-0.15, -0.1) is 0 Å². The predicted molar refractivity (Wildman–Crippen MR) is 148 cm³/mol. The van der Waals surface area contributed by atoms with Crippen LogP contribution in [-0.2, 0) is 9.59 Å². The molecule has 1 amide bonds. The molecule has 5 nitrogen and oxygen atoms in total. The smallest absolute Gasteiger partial charge is 0.300 e. The highest BCUT2D eigenvalue weighted by atomic mass is 19.1. The highest BCUT2D eigenvalue weighted by Gasteiger charge is 2.47. The van der Waals surface area contributed by atoms with E-state index in [0.717, 1.165) is 10.8 Å². The lowest BCUT2D eigenvalue weighted by molar-refractivity contribution is -0.132. The van der Waals surface area contributed by atoms with Crippen molar-refractivity contribution in [3.63, 3.8) is 0 Å². The van der Waals surface area contributed by atoms with Crippen LogP contribution in [-0.4, -0.2) is 16.8 Å². The van der Waals surface area contributed by atoms with Gasteiger partial charge in [0.2, 0.25) is 0 Å². The molecule has 1 unspecified atom stereocenters. The van der Waals surface area contributed by atoms with Gasteiger partial charge in [-0.05, 0) is 64.9 Å². The summed E-state index contributed by atoms with van der Waals surface area (Å²) in [5.74, 6) is -1.48. The Balaban J connectivity index is 1.52. The highest BCUT2D eigenvalue weighted by Crippen LogP contribution is 2.43. The average molecular weight is 516 g/mol. The van der Waals surface area contributed by atoms with Crippen LogP contribution in [0, 0.1) is 5.82 Å².